The zero-order valence-corrected chi connectivity index (χ0v) is 17.5. The lowest BCUT2D eigenvalue weighted by atomic mass is 10.1. The molecule has 0 bridgehead atoms. The van der Waals surface area contributed by atoms with Gasteiger partial charge in [0.25, 0.3) is 0 Å². The maximum Gasteiger partial charge on any atom is 0.416 e. The number of nitrogens with one attached hydrogen (secondary N) is 1. The number of aromatic nitrogens is 1. The summed E-state index contributed by atoms with van der Waals surface area (Å²) in [4.78, 5) is 18.7. The number of hydrogen-bond donors (Lipinski definition) is 1. The van der Waals surface area contributed by atoms with Gasteiger partial charge in [-0.15, -0.1) is 0 Å². The minimum atomic E-state index is -4.39. The van der Waals surface area contributed by atoms with E-state index in [1.807, 2.05) is 30.3 Å². The zero-order valence-electron chi connectivity index (χ0n) is 15.9. The summed E-state index contributed by atoms with van der Waals surface area (Å²) in [6, 6.07) is 17.2. The topological polar surface area (TPSA) is 45.2 Å². The molecule has 0 unspecified atom stereocenters. The van der Waals surface area contributed by atoms with Crippen LogP contribution in [0.25, 0.3) is 0 Å². The van der Waals surface area contributed by atoms with Crippen molar-refractivity contribution < 1.29 is 18.0 Å². The van der Waals surface area contributed by atoms with E-state index in [0.717, 1.165) is 22.3 Å². The Morgan fingerprint density at radius 3 is 2.33 bits per heavy atom. The molecule has 0 aliphatic heterocycles. The van der Waals surface area contributed by atoms with Crippen molar-refractivity contribution in [2.24, 2.45) is 0 Å². The van der Waals surface area contributed by atoms with Crippen molar-refractivity contribution in [2.45, 2.75) is 19.1 Å². The summed E-state index contributed by atoms with van der Waals surface area (Å²) in [5.41, 5.74) is 1.32. The Labute approximate surface area is 180 Å². The highest BCUT2D eigenvalue weighted by Gasteiger charge is 2.30. The fourth-order valence-electron chi connectivity index (χ4n) is 2.82. The number of nitrogens with zero attached hydrogens (tertiary/aromatic N) is 2. The number of para-hydroxylation sites is 1. The highest BCUT2D eigenvalue weighted by Crippen LogP contribution is 2.29. The van der Waals surface area contributed by atoms with Gasteiger partial charge >= 0.3 is 12.2 Å². The molecule has 0 aliphatic carbocycles. The number of anilines is 1. The quantitative estimate of drug-likeness (QED) is 0.463. The number of hydrogen-bond acceptors (Lipinski definition) is 2. The summed E-state index contributed by atoms with van der Waals surface area (Å²) in [7, 11) is 0. The number of pyridine rings is 1. The Morgan fingerprint density at radius 2 is 1.70 bits per heavy atom. The average molecular weight is 478 g/mol. The van der Waals surface area contributed by atoms with Gasteiger partial charge in [0.2, 0.25) is 0 Å². The molecule has 4 nitrogen and oxygen atoms in total. The first-order valence-corrected chi connectivity index (χ1v) is 9.99. The van der Waals surface area contributed by atoms with Crippen molar-refractivity contribution in [3.05, 3.63) is 94.2 Å². The maximum absolute atomic E-state index is 12.9. The third kappa shape index (κ3) is 6.06. The van der Waals surface area contributed by atoms with Crippen molar-refractivity contribution in [1.29, 1.82) is 0 Å². The zero-order chi connectivity index (χ0) is 21.6. The van der Waals surface area contributed by atoms with Crippen LogP contribution in [-0.4, -0.2) is 22.5 Å². The van der Waals surface area contributed by atoms with Crippen molar-refractivity contribution in [3.8, 4) is 0 Å². The lowest BCUT2D eigenvalue weighted by Crippen LogP contribution is -2.36. The van der Waals surface area contributed by atoms with Gasteiger partial charge in [-0.2, -0.15) is 13.2 Å². The minimum Gasteiger partial charge on any atom is -0.320 e. The van der Waals surface area contributed by atoms with Gasteiger partial charge in [0, 0.05) is 35.9 Å². The first-order valence-electron chi connectivity index (χ1n) is 9.19. The normalized spacial score (nSPS) is 11.2. The highest BCUT2D eigenvalue weighted by molar-refractivity contribution is 9.10. The molecule has 0 fully saturated rings. The summed E-state index contributed by atoms with van der Waals surface area (Å²) in [5, 5.41) is 2.84. The van der Waals surface area contributed by atoms with Crippen molar-refractivity contribution in [3.63, 3.8) is 0 Å². The standard InChI is InChI=1S/C22H19BrF3N3O/c23-19-6-1-2-7-20(19)28-21(30)29(14-12-18-5-3-4-13-27-18)15-16-8-10-17(11-9-16)22(24,25)26/h1-11,13H,12,14-15H2,(H,28,30). The Balaban J connectivity index is 1.76. The third-order valence-corrected chi connectivity index (χ3v) is 5.11. The van der Waals surface area contributed by atoms with E-state index in [2.05, 4.69) is 26.2 Å². The molecule has 8 heteroatoms. The van der Waals surface area contributed by atoms with E-state index in [-0.39, 0.29) is 12.6 Å². The van der Waals surface area contributed by atoms with E-state index in [4.69, 9.17) is 0 Å². The molecular weight excluding hydrogens is 459 g/mol. The van der Waals surface area contributed by atoms with Gasteiger partial charge in [-0.25, -0.2) is 4.79 Å². The van der Waals surface area contributed by atoms with Gasteiger partial charge in [-0.05, 0) is 57.9 Å². The summed E-state index contributed by atoms with van der Waals surface area (Å²) in [5.74, 6) is 0. The van der Waals surface area contributed by atoms with Gasteiger partial charge in [0.15, 0.2) is 0 Å². The number of amides is 2. The molecule has 1 N–H and O–H groups in total. The molecule has 1 heterocycles. The van der Waals surface area contributed by atoms with E-state index in [0.29, 0.717) is 24.2 Å². The number of carbonyl (C=O) groups excluding carboxylic acids is 1. The lowest BCUT2D eigenvalue weighted by molar-refractivity contribution is -0.137. The SMILES string of the molecule is O=C(Nc1ccccc1Br)N(CCc1ccccn1)Cc1ccc(C(F)(F)F)cc1. The van der Waals surface area contributed by atoms with Gasteiger partial charge in [-0.3, -0.25) is 4.98 Å². The number of rotatable bonds is 6. The molecule has 156 valence electrons. The summed E-state index contributed by atoms with van der Waals surface area (Å²) < 4.78 is 39.2. The van der Waals surface area contributed by atoms with Crippen LogP contribution in [0.2, 0.25) is 0 Å². The molecule has 2 amide bonds. The van der Waals surface area contributed by atoms with Crippen LogP contribution >= 0.6 is 15.9 Å². The van der Waals surface area contributed by atoms with Crippen molar-refractivity contribution in [2.75, 3.05) is 11.9 Å². The van der Waals surface area contributed by atoms with Crippen LogP contribution in [0.5, 0.6) is 0 Å². The smallest absolute Gasteiger partial charge is 0.320 e. The van der Waals surface area contributed by atoms with Gasteiger partial charge < -0.3 is 10.2 Å². The van der Waals surface area contributed by atoms with E-state index in [9.17, 15) is 18.0 Å². The molecule has 3 aromatic rings. The molecule has 0 radical (unpaired) electrons. The van der Waals surface area contributed by atoms with Gasteiger partial charge in [0.05, 0.1) is 11.3 Å². The number of halogens is 4. The summed E-state index contributed by atoms with van der Waals surface area (Å²) >= 11 is 3.39. The van der Waals surface area contributed by atoms with E-state index in [1.54, 1.807) is 23.2 Å². The molecule has 1 aromatic heterocycles. The van der Waals surface area contributed by atoms with Crippen LogP contribution in [0.15, 0.2) is 77.4 Å². The van der Waals surface area contributed by atoms with Crippen molar-refractivity contribution in [1.82, 2.24) is 9.88 Å². The van der Waals surface area contributed by atoms with E-state index < -0.39 is 11.7 Å². The van der Waals surface area contributed by atoms with Crippen LogP contribution < -0.4 is 5.32 Å². The minimum absolute atomic E-state index is 0.168. The molecule has 0 saturated carbocycles. The second kappa shape index (κ2) is 9.75. The molecule has 0 aliphatic rings. The fourth-order valence-corrected chi connectivity index (χ4v) is 3.21. The Bertz CT molecular complexity index is 979. The Hall–Kier alpha value is -2.87. The molecular formula is C22H19BrF3N3O. The van der Waals surface area contributed by atoms with Crippen LogP contribution in [0.4, 0.5) is 23.7 Å². The lowest BCUT2D eigenvalue weighted by Gasteiger charge is -2.24. The first kappa shape index (κ1) is 21.8. The number of carbonyl (C=O) groups is 1. The predicted octanol–water partition coefficient (Wildman–Crippen LogP) is 6.14. The number of urea groups is 1. The third-order valence-electron chi connectivity index (χ3n) is 4.42. The monoisotopic (exact) mass is 477 g/mol. The number of alkyl halides is 3. The van der Waals surface area contributed by atoms with Crippen LogP contribution in [-0.2, 0) is 19.1 Å². The molecule has 2 aromatic carbocycles. The van der Waals surface area contributed by atoms with Crippen LogP contribution in [0.1, 0.15) is 16.8 Å². The summed E-state index contributed by atoms with van der Waals surface area (Å²) in [6.07, 6.45) is -2.20. The molecule has 30 heavy (non-hydrogen) atoms. The molecule has 0 spiro atoms. The molecule has 0 atom stereocenters. The van der Waals surface area contributed by atoms with Gasteiger partial charge in [0.1, 0.15) is 0 Å². The molecule has 3 rings (SSSR count). The second-order valence-electron chi connectivity index (χ2n) is 6.60. The van der Waals surface area contributed by atoms with E-state index >= 15 is 0 Å². The Kier molecular flexibility index (Phi) is 7.10. The average Bonchev–Trinajstić information content (AvgIpc) is 2.73. The largest absolute Gasteiger partial charge is 0.416 e. The summed E-state index contributed by atoms with van der Waals surface area (Å²) in [6.45, 7) is 0.523. The van der Waals surface area contributed by atoms with E-state index in [1.165, 1.54) is 12.1 Å². The van der Waals surface area contributed by atoms with Crippen LogP contribution in [0, 0.1) is 0 Å². The van der Waals surface area contributed by atoms with Crippen LogP contribution in [0.3, 0.4) is 0 Å². The van der Waals surface area contributed by atoms with Gasteiger partial charge in [-0.1, -0.05) is 30.3 Å². The fraction of sp³-hybridized carbons (Fsp3) is 0.182. The predicted molar refractivity (Wildman–Crippen MR) is 113 cm³/mol. The van der Waals surface area contributed by atoms with Crippen molar-refractivity contribution >= 4 is 27.6 Å². The second-order valence-corrected chi connectivity index (χ2v) is 7.45. The molecule has 0 saturated heterocycles. The Morgan fingerprint density at radius 1 is 1.00 bits per heavy atom. The highest BCUT2D eigenvalue weighted by atomic mass is 79.9. The maximum atomic E-state index is 12.9. The first-order chi connectivity index (χ1) is 14.3. The number of benzene rings is 2.